The summed E-state index contributed by atoms with van der Waals surface area (Å²) in [4.78, 5) is 11.0. The molecule has 4 heteroatoms. The number of aliphatic hydroxyl groups excluding tert-OH is 1. The Labute approximate surface area is 66.6 Å². The number of quaternary nitrogens is 1. The molecule has 0 radical (unpaired) electrons. The first kappa shape index (κ1) is 8.49. The van der Waals surface area contributed by atoms with E-state index in [1.807, 2.05) is 14.1 Å². The van der Waals surface area contributed by atoms with Gasteiger partial charge in [0, 0.05) is 13.3 Å². The summed E-state index contributed by atoms with van der Waals surface area (Å²) >= 11 is 0. The Bertz CT molecular complexity index is 179. The van der Waals surface area contributed by atoms with Crippen molar-refractivity contribution in [3.63, 3.8) is 0 Å². The predicted octanol–water partition coefficient (Wildman–Crippen LogP) is -0.452. The number of hydrogen-bond acceptors (Lipinski definition) is 2. The fourth-order valence-electron chi connectivity index (χ4n) is 1.61. The second-order valence-corrected chi connectivity index (χ2v) is 3.48. The second kappa shape index (κ2) is 2.46. The van der Waals surface area contributed by atoms with Gasteiger partial charge in [-0.05, 0) is 0 Å². The Balaban J connectivity index is 2.80. The van der Waals surface area contributed by atoms with E-state index in [1.54, 1.807) is 0 Å². The first-order valence-corrected chi connectivity index (χ1v) is 3.76. The Morgan fingerprint density at radius 3 is 2.36 bits per heavy atom. The first-order chi connectivity index (χ1) is 4.95. The summed E-state index contributed by atoms with van der Waals surface area (Å²) in [6.07, 6.45) is 0.0783. The van der Waals surface area contributed by atoms with Crippen molar-refractivity contribution in [1.82, 2.24) is 5.01 Å². The highest BCUT2D eigenvalue weighted by atomic mass is 16.3. The number of amides is 1. The minimum atomic E-state index is -0.595. The summed E-state index contributed by atoms with van der Waals surface area (Å²) in [7, 11) is 3.83. The molecule has 1 fully saturated rings. The molecule has 64 valence electrons. The molecule has 0 aromatic heterocycles. The van der Waals surface area contributed by atoms with Gasteiger partial charge in [0.2, 0.25) is 0 Å². The van der Waals surface area contributed by atoms with Crippen molar-refractivity contribution in [2.45, 2.75) is 19.6 Å². The smallest absolute Gasteiger partial charge is 0.267 e. The molecule has 0 aromatic rings. The van der Waals surface area contributed by atoms with E-state index in [1.165, 1.54) is 11.9 Å². The topological polar surface area (TPSA) is 40.5 Å². The van der Waals surface area contributed by atoms with Gasteiger partial charge in [-0.3, -0.25) is 4.79 Å². The number of hydrogen-bond donors (Lipinski definition) is 1. The number of rotatable bonds is 0. The van der Waals surface area contributed by atoms with Gasteiger partial charge in [-0.1, -0.05) is 0 Å². The largest absolute Gasteiger partial charge is 0.369 e. The minimum absolute atomic E-state index is 0.0694. The van der Waals surface area contributed by atoms with E-state index in [9.17, 15) is 9.90 Å². The van der Waals surface area contributed by atoms with E-state index in [0.717, 1.165) is 6.54 Å². The van der Waals surface area contributed by atoms with Crippen LogP contribution in [0.2, 0.25) is 0 Å². The zero-order valence-corrected chi connectivity index (χ0v) is 7.24. The SMILES string of the molecule is CC(=O)N1C(O)CC[N+]1(C)C. The van der Waals surface area contributed by atoms with Crippen LogP contribution in [0.3, 0.4) is 0 Å². The van der Waals surface area contributed by atoms with Crippen molar-refractivity contribution in [3.8, 4) is 0 Å². The second-order valence-electron chi connectivity index (χ2n) is 3.48. The standard InChI is InChI=1S/C7H15N2O2/c1-6(10)8-7(11)4-5-9(8,2)3/h7,11H,4-5H2,1-3H3/q+1. The molecule has 1 aliphatic heterocycles. The van der Waals surface area contributed by atoms with Gasteiger partial charge in [0.25, 0.3) is 5.91 Å². The molecule has 0 saturated carbocycles. The Morgan fingerprint density at radius 1 is 1.64 bits per heavy atom. The molecule has 1 unspecified atom stereocenters. The molecule has 4 nitrogen and oxygen atoms in total. The lowest BCUT2D eigenvalue weighted by atomic mass is 10.4. The summed E-state index contributed by atoms with van der Waals surface area (Å²) in [5, 5.41) is 10.9. The highest BCUT2D eigenvalue weighted by Gasteiger charge is 2.41. The summed E-state index contributed by atoms with van der Waals surface area (Å²) < 4.78 is 0.469. The third kappa shape index (κ3) is 1.36. The highest BCUT2D eigenvalue weighted by Crippen LogP contribution is 2.20. The molecule has 1 N–H and O–H groups in total. The van der Waals surface area contributed by atoms with Crippen LogP contribution in [0.15, 0.2) is 0 Å². The molecule has 0 bridgehead atoms. The number of carbonyl (C=O) groups is 1. The Kier molecular flexibility index (Phi) is 1.90. The lowest BCUT2D eigenvalue weighted by molar-refractivity contribution is -0.981. The molecule has 1 heterocycles. The van der Waals surface area contributed by atoms with E-state index in [0.29, 0.717) is 11.0 Å². The van der Waals surface area contributed by atoms with Gasteiger partial charge in [0.05, 0.1) is 14.1 Å². The van der Waals surface area contributed by atoms with Crippen LogP contribution in [-0.2, 0) is 4.79 Å². The molecule has 0 aromatic carbocycles. The quantitative estimate of drug-likeness (QED) is 0.486. The van der Waals surface area contributed by atoms with Gasteiger partial charge in [0.15, 0.2) is 6.23 Å². The molecule has 11 heavy (non-hydrogen) atoms. The normalized spacial score (nSPS) is 29.1. The van der Waals surface area contributed by atoms with E-state index < -0.39 is 6.23 Å². The first-order valence-electron chi connectivity index (χ1n) is 3.76. The Hall–Kier alpha value is -0.610. The summed E-state index contributed by atoms with van der Waals surface area (Å²) in [5.41, 5.74) is 0. The van der Waals surface area contributed by atoms with Gasteiger partial charge in [-0.2, -0.15) is 5.01 Å². The average Bonchev–Trinajstić information content (AvgIpc) is 2.06. The van der Waals surface area contributed by atoms with E-state index in [4.69, 9.17) is 0 Å². The van der Waals surface area contributed by atoms with Crippen LogP contribution in [0, 0.1) is 0 Å². The molecule has 1 rings (SSSR count). The van der Waals surface area contributed by atoms with Crippen molar-refractivity contribution < 1.29 is 14.5 Å². The van der Waals surface area contributed by atoms with Crippen LogP contribution in [0.5, 0.6) is 0 Å². The van der Waals surface area contributed by atoms with Gasteiger partial charge >= 0.3 is 0 Å². The summed E-state index contributed by atoms with van der Waals surface area (Å²) in [6.45, 7) is 2.30. The minimum Gasteiger partial charge on any atom is -0.369 e. The molecular weight excluding hydrogens is 144 g/mol. The maximum atomic E-state index is 11.0. The van der Waals surface area contributed by atoms with E-state index >= 15 is 0 Å². The summed E-state index contributed by atoms with van der Waals surface area (Å²) in [6, 6.07) is 0. The van der Waals surface area contributed by atoms with Crippen LogP contribution in [0.25, 0.3) is 0 Å². The third-order valence-electron chi connectivity index (χ3n) is 2.12. The molecule has 1 aliphatic rings. The van der Waals surface area contributed by atoms with Crippen LogP contribution in [-0.4, -0.2) is 47.5 Å². The van der Waals surface area contributed by atoms with Crippen molar-refractivity contribution in [3.05, 3.63) is 0 Å². The number of aliphatic hydroxyl groups is 1. The van der Waals surface area contributed by atoms with Crippen LogP contribution in [0.4, 0.5) is 0 Å². The van der Waals surface area contributed by atoms with Gasteiger partial charge < -0.3 is 5.11 Å². The van der Waals surface area contributed by atoms with Gasteiger partial charge in [-0.25, -0.2) is 4.59 Å². The van der Waals surface area contributed by atoms with Crippen LogP contribution >= 0.6 is 0 Å². The van der Waals surface area contributed by atoms with Crippen molar-refractivity contribution in [2.24, 2.45) is 0 Å². The van der Waals surface area contributed by atoms with E-state index in [-0.39, 0.29) is 5.91 Å². The molecule has 1 saturated heterocycles. The van der Waals surface area contributed by atoms with Gasteiger partial charge in [0.1, 0.15) is 6.54 Å². The maximum absolute atomic E-state index is 11.0. The zero-order chi connectivity index (χ0) is 8.65. The van der Waals surface area contributed by atoms with Crippen LogP contribution in [0.1, 0.15) is 13.3 Å². The highest BCUT2D eigenvalue weighted by molar-refractivity contribution is 5.72. The molecular formula is C7H15N2O2+. The number of carbonyl (C=O) groups excluding carboxylic acids is 1. The van der Waals surface area contributed by atoms with Gasteiger partial charge in [-0.15, -0.1) is 0 Å². The Morgan fingerprint density at radius 2 is 2.18 bits per heavy atom. The zero-order valence-electron chi connectivity index (χ0n) is 7.24. The van der Waals surface area contributed by atoms with Crippen molar-refractivity contribution >= 4 is 5.91 Å². The summed E-state index contributed by atoms with van der Waals surface area (Å²) in [5.74, 6) is -0.0694. The van der Waals surface area contributed by atoms with Crippen molar-refractivity contribution in [2.75, 3.05) is 20.6 Å². The average molecular weight is 159 g/mol. The fraction of sp³-hybridized carbons (Fsp3) is 0.857. The molecule has 0 aliphatic carbocycles. The maximum Gasteiger partial charge on any atom is 0.267 e. The predicted molar refractivity (Wildman–Crippen MR) is 40.1 cm³/mol. The third-order valence-corrected chi connectivity index (χ3v) is 2.12. The number of nitrogens with zero attached hydrogens (tertiary/aromatic N) is 2. The monoisotopic (exact) mass is 159 g/mol. The lowest BCUT2D eigenvalue weighted by Gasteiger charge is -2.33. The molecule has 1 atom stereocenters. The molecule has 1 amide bonds. The lowest BCUT2D eigenvalue weighted by Crippen LogP contribution is -2.54. The van der Waals surface area contributed by atoms with Crippen LogP contribution < -0.4 is 0 Å². The van der Waals surface area contributed by atoms with E-state index in [2.05, 4.69) is 0 Å². The fourth-order valence-corrected chi connectivity index (χ4v) is 1.61. The van der Waals surface area contributed by atoms with Crippen molar-refractivity contribution in [1.29, 1.82) is 0 Å². The molecule has 0 spiro atoms.